The molecule has 2 rings (SSSR count). The molecule has 1 aromatic rings. The first-order chi connectivity index (χ1) is 9.44. The molecule has 0 saturated carbocycles. The van der Waals surface area contributed by atoms with E-state index in [1.54, 1.807) is 18.6 Å². The zero-order chi connectivity index (χ0) is 14.6. The predicted octanol–water partition coefficient (Wildman–Crippen LogP) is 2.28. The van der Waals surface area contributed by atoms with Crippen molar-refractivity contribution < 1.29 is 9.53 Å². The van der Waals surface area contributed by atoms with Crippen LogP contribution in [-0.4, -0.2) is 40.0 Å². The van der Waals surface area contributed by atoms with Gasteiger partial charge in [-0.3, -0.25) is 9.78 Å². The number of nitrogens with zero attached hydrogens (tertiary/aromatic N) is 3. The van der Waals surface area contributed by atoms with Crippen LogP contribution in [0.15, 0.2) is 18.6 Å². The van der Waals surface area contributed by atoms with E-state index in [2.05, 4.69) is 30.7 Å². The fraction of sp³-hybridized carbons (Fsp3) is 0.667. The van der Waals surface area contributed by atoms with Gasteiger partial charge in [-0.1, -0.05) is 20.8 Å². The van der Waals surface area contributed by atoms with Crippen molar-refractivity contribution in [1.82, 2.24) is 14.9 Å². The Morgan fingerprint density at radius 3 is 2.60 bits per heavy atom. The van der Waals surface area contributed by atoms with Crippen molar-refractivity contribution in [2.75, 3.05) is 13.1 Å². The summed E-state index contributed by atoms with van der Waals surface area (Å²) in [5.74, 6) is 0.808. The summed E-state index contributed by atoms with van der Waals surface area (Å²) in [5.41, 5.74) is 0.0457. The summed E-state index contributed by atoms with van der Waals surface area (Å²) in [6.07, 6.45) is 7.31. The van der Waals surface area contributed by atoms with Gasteiger partial charge in [-0.05, 0) is 5.41 Å². The van der Waals surface area contributed by atoms with Crippen LogP contribution >= 0.6 is 0 Å². The summed E-state index contributed by atoms with van der Waals surface area (Å²) in [6, 6.07) is 0. The molecule has 1 amide bonds. The molecule has 0 N–H and O–H groups in total. The van der Waals surface area contributed by atoms with E-state index >= 15 is 0 Å². The average molecular weight is 277 g/mol. The lowest BCUT2D eigenvalue weighted by Crippen LogP contribution is -2.42. The smallest absolute Gasteiger partial charge is 0.232 e. The molecule has 0 radical (unpaired) electrons. The van der Waals surface area contributed by atoms with Crippen LogP contribution in [0.1, 0.15) is 40.0 Å². The summed E-state index contributed by atoms with van der Waals surface area (Å²) in [7, 11) is 0. The molecule has 1 aliphatic heterocycles. The van der Waals surface area contributed by atoms with Crippen molar-refractivity contribution in [2.45, 2.75) is 46.1 Å². The number of rotatable bonds is 3. The average Bonchev–Trinajstić information content (AvgIpc) is 2.39. The molecular weight excluding hydrogens is 254 g/mol. The molecule has 2 heterocycles. The molecule has 0 aliphatic carbocycles. The number of amides is 1. The summed E-state index contributed by atoms with van der Waals surface area (Å²) >= 11 is 0. The third-order valence-electron chi connectivity index (χ3n) is 3.30. The second kappa shape index (κ2) is 6.20. The van der Waals surface area contributed by atoms with Crippen molar-refractivity contribution in [1.29, 1.82) is 0 Å². The van der Waals surface area contributed by atoms with E-state index in [9.17, 15) is 4.79 Å². The van der Waals surface area contributed by atoms with E-state index in [0.29, 0.717) is 12.3 Å². The highest BCUT2D eigenvalue weighted by Gasteiger charge is 2.26. The lowest BCUT2D eigenvalue weighted by molar-refractivity contribution is -0.134. The largest absolute Gasteiger partial charge is 0.473 e. The molecular formula is C15H23N3O2. The Hall–Kier alpha value is -1.65. The molecule has 0 spiro atoms. The van der Waals surface area contributed by atoms with E-state index in [-0.39, 0.29) is 17.4 Å². The Balaban J connectivity index is 1.79. The number of hydrogen-bond donors (Lipinski definition) is 0. The molecule has 5 heteroatoms. The molecule has 110 valence electrons. The number of carbonyl (C=O) groups excluding carboxylic acids is 1. The molecule has 0 atom stereocenters. The van der Waals surface area contributed by atoms with Crippen LogP contribution in [-0.2, 0) is 4.79 Å². The summed E-state index contributed by atoms with van der Waals surface area (Å²) in [6.45, 7) is 7.80. The standard InChI is InChI=1S/C15H23N3O2/c1-15(2,3)10-14(19)18-8-4-12(5-9-18)20-13-11-16-6-7-17-13/h6-7,11-12H,4-5,8-10H2,1-3H3. The summed E-state index contributed by atoms with van der Waals surface area (Å²) in [5, 5.41) is 0. The predicted molar refractivity (Wildman–Crippen MR) is 76.3 cm³/mol. The fourth-order valence-corrected chi connectivity index (χ4v) is 2.31. The maximum Gasteiger partial charge on any atom is 0.232 e. The number of hydrogen-bond acceptors (Lipinski definition) is 4. The van der Waals surface area contributed by atoms with E-state index in [0.717, 1.165) is 25.9 Å². The first kappa shape index (κ1) is 14.8. The molecule has 1 fully saturated rings. The second-order valence-electron chi connectivity index (χ2n) is 6.48. The Morgan fingerprint density at radius 1 is 1.35 bits per heavy atom. The molecule has 5 nitrogen and oxygen atoms in total. The second-order valence-corrected chi connectivity index (χ2v) is 6.48. The molecule has 1 saturated heterocycles. The molecule has 0 bridgehead atoms. The normalized spacial score (nSPS) is 17.1. The minimum absolute atomic E-state index is 0.0457. The molecule has 1 aromatic heterocycles. The Kier molecular flexibility index (Phi) is 4.57. The van der Waals surface area contributed by atoms with Crippen molar-refractivity contribution in [2.24, 2.45) is 5.41 Å². The topological polar surface area (TPSA) is 55.3 Å². The highest BCUT2D eigenvalue weighted by molar-refractivity contribution is 5.76. The van der Waals surface area contributed by atoms with Gasteiger partial charge >= 0.3 is 0 Å². The highest BCUT2D eigenvalue weighted by atomic mass is 16.5. The lowest BCUT2D eigenvalue weighted by Gasteiger charge is -2.33. The zero-order valence-electron chi connectivity index (χ0n) is 12.5. The minimum atomic E-state index is 0.0457. The zero-order valence-corrected chi connectivity index (χ0v) is 12.5. The number of piperidine rings is 1. The van der Waals surface area contributed by atoms with E-state index in [1.165, 1.54) is 0 Å². The van der Waals surface area contributed by atoms with Crippen LogP contribution in [0.2, 0.25) is 0 Å². The first-order valence-corrected chi connectivity index (χ1v) is 7.14. The van der Waals surface area contributed by atoms with Crippen LogP contribution in [0.25, 0.3) is 0 Å². The summed E-state index contributed by atoms with van der Waals surface area (Å²) in [4.78, 5) is 22.2. The SMILES string of the molecule is CC(C)(C)CC(=O)N1CCC(Oc2cnccn2)CC1. The van der Waals surface area contributed by atoms with Gasteiger partial charge in [0.05, 0.1) is 6.20 Å². The van der Waals surface area contributed by atoms with Gasteiger partial charge in [-0.15, -0.1) is 0 Å². The Labute approximate surface area is 120 Å². The monoisotopic (exact) mass is 277 g/mol. The van der Waals surface area contributed by atoms with Crippen molar-refractivity contribution in [3.63, 3.8) is 0 Å². The number of carbonyl (C=O) groups is 1. The van der Waals surface area contributed by atoms with Crippen molar-refractivity contribution in [3.8, 4) is 5.88 Å². The van der Waals surface area contributed by atoms with Crippen LogP contribution < -0.4 is 4.74 Å². The quantitative estimate of drug-likeness (QED) is 0.850. The third-order valence-corrected chi connectivity index (χ3v) is 3.30. The van der Waals surface area contributed by atoms with Gasteiger partial charge < -0.3 is 9.64 Å². The fourth-order valence-electron chi connectivity index (χ4n) is 2.31. The van der Waals surface area contributed by atoms with Gasteiger partial charge in [-0.25, -0.2) is 4.98 Å². The number of likely N-dealkylation sites (tertiary alicyclic amines) is 1. The van der Waals surface area contributed by atoms with Gasteiger partial charge in [0.2, 0.25) is 11.8 Å². The van der Waals surface area contributed by atoms with Gasteiger partial charge in [0.25, 0.3) is 0 Å². The first-order valence-electron chi connectivity index (χ1n) is 7.14. The van der Waals surface area contributed by atoms with E-state index in [4.69, 9.17) is 4.74 Å². The maximum absolute atomic E-state index is 12.1. The van der Waals surface area contributed by atoms with Gasteiger partial charge in [0.1, 0.15) is 6.10 Å². The van der Waals surface area contributed by atoms with E-state index in [1.807, 2.05) is 4.90 Å². The molecule has 20 heavy (non-hydrogen) atoms. The summed E-state index contributed by atoms with van der Waals surface area (Å²) < 4.78 is 5.77. The van der Waals surface area contributed by atoms with Gasteiger partial charge in [-0.2, -0.15) is 0 Å². The highest BCUT2D eigenvalue weighted by Crippen LogP contribution is 2.22. The Morgan fingerprint density at radius 2 is 2.05 bits per heavy atom. The van der Waals surface area contributed by atoms with Crippen LogP contribution in [0.4, 0.5) is 0 Å². The minimum Gasteiger partial charge on any atom is -0.473 e. The lowest BCUT2D eigenvalue weighted by atomic mass is 9.91. The van der Waals surface area contributed by atoms with Crippen LogP contribution in [0.3, 0.4) is 0 Å². The third kappa shape index (κ3) is 4.47. The van der Waals surface area contributed by atoms with Crippen LogP contribution in [0, 0.1) is 5.41 Å². The van der Waals surface area contributed by atoms with Crippen molar-refractivity contribution in [3.05, 3.63) is 18.6 Å². The van der Waals surface area contributed by atoms with Gasteiger partial charge in [0.15, 0.2) is 0 Å². The van der Waals surface area contributed by atoms with E-state index < -0.39 is 0 Å². The maximum atomic E-state index is 12.1. The number of ether oxygens (including phenoxy) is 1. The Bertz CT molecular complexity index is 434. The van der Waals surface area contributed by atoms with Gasteiger partial charge in [0, 0.05) is 44.7 Å². The molecule has 0 aromatic carbocycles. The van der Waals surface area contributed by atoms with Crippen LogP contribution in [0.5, 0.6) is 5.88 Å². The molecule has 0 unspecified atom stereocenters. The van der Waals surface area contributed by atoms with Crippen molar-refractivity contribution >= 4 is 5.91 Å². The number of aromatic nitrogens is 2. The molecule has 1 aliphatic rings.